The van der Waals surface area contributed by atoms with E-state index in [1.807, 2.05) is 0 Å². The maximum atomic E-state index is 11.9. The van der Waals surface area contributed by atoms with Gasteiger partial charge in [-0.25, -0.2) is 14.2 Å². The molecule has 0 aliphatic carbocycles. The molecule has 2 rings (SSSR count). The molecule has 0 unspecified atom stereocenters. The van der Waals surface area contributed by atoms with Gasteiger partial charge in [0.1, 0.15) is 11.4 Å². The van der Waals surface area contributed by atoms with E-state index >= 15 is 0 Å². The number of carboxylic acids is 1. The first-order valence-corrected chi connectivity index (χ1v) is 5.75. The summed E-state index contributed by atoms with van der Waals surface area (Å²) in [7, 11) is 1.37. The predicted octanol–water partition coefficient (Wildman–Crippen LogP) is 0.886. The molecule has 0 saturated carbocycles. The summed E-state index contributed by atoms with van der Waals surface area (Å²) in [5.74, 6) is -1.14. The standard InChI is InChI=1S/C12H9ClN2O5/c1-20-9-3-2-6(13)4-8(9)15-10(16)5-7(11(17)18)14-12(15)19/h2-5H,1H3,(H,14,19)(H,17,18). The van der Waals surface area contributed by atoms with Crippen molar-refractivity contribution in [2.75, 3.05) is 7.11 Å². The molecule has 104 valence electrons. The lowest BCUT2D eigenvalue weighted by molar-refractivity contribution is 0.0689. The second kappa shape index (κ2) is 5.22. The normalized spacial score (nSPS) is 10.3. The second-order valence-electron chi connectivity index (χ2n) is 3.78. The summed E-state index contributed by atoms with van der Waals surface area (Å²) in [6, 6.07) is 5.21. The van der Waals surface area contributed by atoms with Gasteiger partial charge >= 0.3 is 11.7 Å². The third-order valence-electron chi connectivity index (χ3n) is 2.55. The van der Waals surface area contributed by atoms with Gasteiger partial charge in [-0.05, 0) is 18.2 Å². The number of carboxylic acid groups (broad SMARTS) is 1. The molecule has 1 aromatic heterocycles. The SMILES string of the molecule is COc1ccc(Cl)cc1-n1c(=O)cc(C(=O)O)[nH]c1=O. The second-order valence-corrected chi connectivity index (χ2v) is 4.22. The molecular formula is C12H9ClN2O5. The number of nitrogens with one attached hydrogen (secondary N) is 1. The highest BCUT2D eigenvalue weighted by molar-refractivity contribution is 6.30. The van der Waals surface area contributed by atoms with Gasteiger partial charge in [-0.2, -0.15) is 0 Å². The smallest absolute Gasteiger partial charge is 0.352 e. The Hall–Kier alpha value is -2.54. The first-order valence-electron chi connectivity index (χ1n) is 5.37. The van der Waals surface area contributed by atoms with Crippen molar-refractivity contribution in [1.29, 1.82) is 0 Å². The van der Waals surface area contributed by atoms with Crippen LogP contribution in [-0.4, -0.2) is 27.7 Å². The van der Waals surface area contributed by atoms with Crippen LogP contribution in [-0.2, 0) is 0 Å². The van der Waals surface area contributed by atoms with Crippen LogP contribution in [0.15, 0.2) is 33.9 Å². The molecule has 0 fully saturated rings. The van der Waals surface area contributed by atoms with Crippen molar-refractivity contribution in [3.05, 3.63) is 55.8 Å². The van der Waals surface area contributed by atoms with E-state index in [-0.39, 0.29) is 11.4 Å². The van der Waals surface area contributed by atoms with Gasteiger partial charge in [-0.1, -0.05) is 11.6 Å². The maximum Gasteiger partial charge on any atom is 0.352 e. The van der Waals surface area contributed by atoms with Crippen molar-refractivity contribution in [2.24, 2.45) is 0 Å². The van der Waals surface area contributed by atoms with E-state index in [1.54, 1.807) is 0 Å². The topological polar surface area (TPSA) is 101 Å². The van der Waals surface area contributed by atoms with Crippen molar-refractivity contribution in [1.82, 2.24) is 9.55 Å². The highest BCUT2D eigenvalue weighted by Gasteiger charge is 2.14. The van der Waals surface area contributed by atoms with Crippen LogP contribution in [0.4, 0.5) is 0 Å². The number of aromatic carboxylic acids is 1. The molecule has 0 radical (unpaired) electrons. The van der Waals surface area contributed by atoms with E-state index in [0.717, 1.165) is 10.6 Å². The molecular weight excluding hydrogens is 288 g/mol. The van der Waals surface area contributed by atoms with Crippen molar-refractivity contribution in [3.63, 3.8) is 0 Å². The molecule has 0 aliphatic heterocycles. The van der Waals surface area contributed by atoms with E-state index in [4.69, 9.17) is 21.4 Å². The molecule has 1 heterocycles. The number of hydrogen-bond donors (Lipinski definition) is 2. The molecule has 0 atom stereocenters. The summed E-state index contributed by atoms with van der Waals surface area (Å²) in [4.78, 5) is 36.7. The van der Waals surface area contributed by atoms with Crippen molar-refractivity contribution < 1.29 is 14.6 Å². The Balaban J connectivity index is 2.77. The molecule has 0 amide bonds. The predicted molar refractivity (Wildman–Crippen MR) is 71.2 cm³/mol. The van der Waals surface area contributed by atoms with Crippen molar-refractivity contribution >= 4 is 17.6 Å². The van der Waals surface area contributed by atoms with E-state index < -0.39 is 22.9 Å². The number of ether oxygens (including phenoxy) is 1. The zero-order valence-electron chi connectivity index (χ0n) is 10.2. The van der Waals surface area contributed by atoms with Crippen LogP contribution in [0.5, 0.6) is 5.75 Å². The molecule has 8 heteroatoms. The van der Waals surface area contributed by atoms with Crippen molar-refractivity contribution in [2.45, 2.75) is 0 Å². The number of halogens is 1. The minimum atomic E-state index is -1.40. The highest BCUT2D eigenvalue weighted by Crippen LogP contribution is 2.24. The Morgan fingerprint density at radius 2 is 2.05 bits per heavy atom. The van der Waals surface area contributed by atoms with Crippen LogP contribution in [0.3, 0.4) is 0 Å². The van der Waals surface area contributed by atoms with Crippen LogP contribution in [0.25, 0.3) is 5.69 Å². The van der Waals surface area contributed by atoms with Gasteiger partial charge in [0.25, 0.3) is 5.56 Å². The van der Waals surface area contributed by atoms with Crippen LogP contribution in [0.2, 0.25) is 5.02 Å². The Kier molecular flexibility index (Phi) is 3.62. The number of nitrogens with zero attached hydrogens (tertiary/aromatic N) is 1. The molecule has 0 saturated heterocycles. The van der Waals surface area contributed by atoms with E-state index in [9.17, 15) is 14.4 Å². The van der Waals surface area contributed by atoms with Gasteiger partial charge in [-0.15, -0.1) is 0 Å². The summed E-state index contributed by atoms with van der Waals surface area (Å²) in [5, 5.41) is 9.08. The Bertz CT molecular complexity index is 762. The minimum absolute atomic E-state index is 0.128. The van der Waals surface area contributed by atoms with E-state index in [1.165, 1.54) is 25.3 Å². The maximum absolute atomic E-state index is 11.9. The largest absolute Gasteiger partial charge is 0.495 e. The summed E-state index contributed by atoms with van der Waals surface area (Å²) in [5.41, 5.74) is -2.05. The van der Waals surface area contributed by atoms with E-state index in [0.29, 0.717) is 5.02 Å². The number of methoxy groups -OCH3 is 1. The molecule has 0 aliphatic rings. The molecule has 0 spiro atoms. The number of rotatable bonds is 3. The number of aromatic amines is 1. The fourth-order valence-corrected chi connectivity index (χ4v) is 1.84. The van der Waals surface area contributed by atoms with Gasteiger partial charge in [-0.3, -0.25) is 4.79 Å². The number of aromatic nitrogens is 2. The first-order chi connectivity index (χ1) is 9.43. The monoisotopic (exact) mass is 296 g/mol. The fraction of sp³-hybridized carbons (Fsp3) is 0.0833. The summed E-state index contributed by atoms with van der Waals surface area (Å²) >= 11 is 5.83. The lowest BCUT2D eigenvalue weighted by Gasteiger charge is -2.10. The number of H-pyrrole nitrogens is 1. The Morgan fingerprint density at radius 3 is 2.60 bits per heavy atom. The van der Waals surface area contributed by atoms with Gasteiger partial charge in [0, 0.05) is 11.1 Å². The third kappa shape index (κ3) is 2.43. The molecule has 2 aromatic rings. The van der Waals surface area contributed by atoms with Crippen LogP contribution in [0, 0.1) is 0 Å². The summed E-state index contributed by atoms with van der Waals surface area (Å²) in [6.45, 7) is 0. The number of benzene rings is 1. The highest BCUT2D eigenvalue weighted by atomic mass is 35.5. The third-order valence-corrected chi connectivity index (χ3v) is 2.78. The molecule has 20 heavy (non-hydrogen) atoms. The summed E-state index contributed by atoms with van der Waals surface area (Å²) < 4.78 is 5.80. The van der Waals surface area contributed by atoms with Gasteiger partial charge in [0.05, 0.1) is 12.8 Å². The molecule has 1 aromatic carbocycles. The average molecular weight is 297 g/mol. The quantitative estimate of drug-likeness (QED) is 0.875. The van der Waals surface area contributed by atoms with Gasteiger partial charge in [0.15, 0.2) is 0 Å². The molecule has 7 nitrogen and oxygen atoms in total. The Labute approximate surface area is 117 Å². The van der Waals surface area contributed by atoms with Gasteiger partial charge < -0.3 is 14.8 Å². The average Bonchev–Trinajstić information content (AvgIpc) is 2.38. The van der Waals surface area contributed by atoms with Crippen LogP contribution < -0.4 is 16.0 Å². The zero-order chi connectivity index (χ0) is 14.9. The molecule has 2 N–H and O–H groups in total. The van der Waals surface area contributed by atoms with Crippen LogP contribution in [0.1, 0.15) is 10.5 Å². The number of hydrogen-bond acceptors (Lipinski definition) is 4. The van der Waals surface area contributed by atoms with E-state index in [2.05, 4.69) is 4.98 Å². The fourth-order valence-electron chi connectivity index (χ4n) is 1.68. The van der Waals surface area contributed by atoms with Gasteiger partial charge in [0.2, 0.25) is 0 Å². The first kappa shape index (κ1) is 13.9. The lowest BCUT2D eigenvalue weighted by atomic mass is 10.3. The minimum Gasteiger partial charge on any atom is -0.495 e. The summed E-state index contributed by atoms with van der Waals surface area (Å²) in [6.07, 6.45) is 0. The van der Waals surface area contributed by atoms with Crippen molar-refractivity contribution in [3.8, 4) is 11.4 Å². The zero-order valence-corrected chi connectivity index (χ0v) is 11.0. The number of carbonyl (C=O) groups is 1. The molecule has 0 bridgehead atoms. The van der Waals surface area contributed by atoms with Crippen LogP contribution >= 0.6 is 11.6 Å². The lowest BCUT2D eigenvalue weighted by Crippen LogP contribution is -2.35. The Morgan fingerprint density at radius 1 is 1.35 bits per heavy atom.